The number of carbonyl (C=O) groups is 1. The number of esters is 1. The molecule has 0 spiro atoms. The van der Waals surface area contributed by atoms with Crippen LogP contribution in [0.15, 0.2) is 6.20 Å². The average Bonchev–Trinajstić information content (AvgIpc) is 2.31. The van der Waals surface area contributed by atoms with Crippen LogP contribution in [0.4, 0.5) is 8.78 Å². The van der Waals surface area contributed by atoms with Gasteiger partial charge in [0.05, 0.1) is 19.2 Å². The molecule has 0 atom stereocenters. The van der Waals surface area contributed by atoms with Gasteiger partial charge in [0.1, 0.15) is 11.4 Å². The Morgan fingerprint density at radius 2 is 2.22 bits per heavy atom. The SMILES string of the molecule is CCOC(=O)Cc1c(O)cnc(C(F)F)c1CBr. The van der Waals surface area contributed by atoms with E-state index in [0.717, 1.165) is 6.20 Å². The molecule has 1 N–H and O–H groups in total. The second kappa shape index (κ2) is 6.63. The number of hydrogen-bond donors (Lipinski definition) is 1. The molecule has 0 aromatic carbocycles. The first-order valence-electron chi connectivity index (χ1n) is 5.20. The van der Waals surface area contributed by atoms with Gasteiger partial charge in [0.25, 0.3) is 6.43 Å². The highest BCUT2D eigenvalue weighted by atomic mass is 79.9. The Kier molecular flexibility index (Phi) is 5.46. The zero-order chi connectivity index (χ0) is 13.7. The zero-order valence-corrected chi connectivity index (χ0v) is 11.2. The normalized spacial score (nSPS) is 10.7. The second-order valence-corrected chi connectivity index (χ2v) is 3.96. The summed E-state index contributed by atoms with van der Waals surface area (Å²) in [6.07, 6.45) is -2.11. The molecule has 1 aromatic rings. The third-order valence-electron chi connectivity index (χ3n) is 2.28. The smallest absolute Gasteiger partial charge is 0.310 e. The molecule has 1 heterocycles. The van der Waals surface area contributed by atoms with Gasteiger partial charge in [0, 0.05) is 10.9 Å². The number of alkyl halides is 3. The van der Waals surface area contributed by atoms with Crippen molar-refractivity contribution in [3.05, 3.63) is 23.0 Å². The predicted octanol–water partition coefficient (Wildman–Crippen LogP) is 2.73. The number of pyridine rings is 1. The van der Waals surface area contributed by atoms with Crippen molar-refractivity contribution in [1.29, 1.82) is 0 Å². The summed E-state index contributed by atoms with van der Waals surface area (Å²) in [5, 5.41) is 9.68. The lowest BCUT2D eigenvalue weighted by Crippen LogP contribution is -2.11. The standard InChI is InChI=1S/C11H12BrF2NO3/c1-2-18-9(17)3-6-7(4-12)10(11(13)14)15-5-8(6)16/h5,11,16H,2-4H2,1H3. The van der Waals surface area contributed by atoms with Crippen LogP contribution in [0.2, 0.25) is 0 Å². The fourth-order valence-electron chi connectivity index (χ4n) is 1.49. The highest BCUT2D eigenvalue weighted by Crippen LogP contribution is 2.30. The van der Waals surface area contributed by atoms with Crippen molar-refractivity contribution in [3.63, 3.8) is 0 Å². The maximum absolute atomic E-state index is 12.7. The Balaban J connectivity index is 3.15. The summed E-state index contributed by atoms with van der Waals surface area (Å²) in [4.78, 5) is 14.8. The number of ether oxygens (including phenoxy) is 1. The van der Waals surface area contributed by atoms with Gasteiger partial charge < -0.3 is 9.84 Å². The quantitative estimate of drug-likeness (QED) is 0.668. The lowest BCUT2D eigenvalue weighted by molar-refractivity contribution is -0.142. The molecular weight excluding hydrogens is 312 g/mol. The van der Waals surface area contributed by atoms with Crippen LogP contribution in [-0.2, 0) is 21.3 Å². The molecule has 0 unspecified atom stereocenters. The Bertz CT molecular complexity index is 441. The van der Waals surface area contributed by atoms with Gasteiger partial charge in [-0.25, -0.2) is 8.78 Å². The Morgan fingerprint density at radius 3 is 2.72 bits per heavy atom. The van der Waals surface area contributed by atoms with E-state index in [-0.39, 0.29) is 35.2 Å². The van der Waals surface area contributed by atoms with Gasteiger partial charge in [-0.2, -0.15) is 0 Å². The molecule has 0 saturated carbocycles. The largest absolute Gasteiger partial charge is 0.506 e. The molecule has 0 bridgehead atoms. The van der Waals surface area contributed by atoms with Crippen molar-refractivity contribution >= 4 is 21.9 Å². The van der Waals surface area contributed by atoms with Gasteiger partial charge in [-0.1, -0.05) is 15.9 Å². The number of aromatic hydroxyl groups is 1. The van der Waals surface area contributed by atoms with Gasteiger partial charge >= 0.3 is 5.97 Å². The van der Waals surface area contributed by atoms with Gasteiger partial charge in [-0.15, -0.1) is 0 Å². The fourth-order valence-corrected chi connectivity index (χ4v) is 2.11. The number of rotatable bonds is 5. The highest BCUT2D eigenvalue weighted by molar-refractivity contribution is 9.08. The lowest BCUT2D eigenvalue weighted by Gasteiger charge is -2.12. The summed E-state index contributed by atoms with van der Waals surface area (Å²) in [5.74, 6) is -0.872. The highest BCUT2D eigenvalue weighted by Gasteiger charge is 2.21. The summed E-state index contributed by atoms with van der Waals surface area (Å²) in [6, 6.07) is 0. The maximum Gasteiger partial charge on any atom is 0.310 e. The first-order valence-corrected chi connectivity index (χ1v) is 6.32. The van der Waals surface area contributed by atoms with Crippen molar-refractivity contribution in [3.8, 4) is 5.75 Å². The van der Waals surface area contributed by atoms with Crippen LogP contribution in [0, 0.1) is 0 Å². The summed E-state index contributed by atoms with van der Waals surface area (Å²) in [7, 11) is 0. The zero-order valence-electron chi connectivity index (χ0n) is 9.62. The van der Waals surface area contributed by atoms with Gasteiger partial charge in [0.2, 0.25) is 0 Å². The minimum Gasteiger partial charge on any atom is -0.506 e. The minimum absolute atomic E-state index is 0.0722. The van der Waals surface area contributed by atoms with E-state index in [4.69, 9.17) is 4.74 Å². The van der Waals surface area contributed by atoms with Crippen LogP contribution in [0.25, 0.3) is 0 Å². The molecule has 100 valence electrons. The second-order valence-electron chi connectivity index (χ2n) is 3.40. The molecule has 1 rings (SSSR count). The van der Waals surface area contributed by atoms with E-state index in [2.05, 4.69) is 20.9 Å². The van der Waals surface area contributed by atoms with Crippen LogP contribution >= 0.6 is 15.9 Å². The minimum atomic E-state index is -2.76. The number of hydrogen-bond acceptors (Lipinski definition) is 4. The predicted molar refractivity (Wildman–Crippen MR) is 63.8 cm³/mol. The Labute approximate surface area is 111 Å². The van der Waals surface area contributed by atoms with Crippen LogP contribution in [0.5, 0.6) is 5.75 Å². The number of aromatic nitrogens is 1. The lowest BCUT2D eigenvalue weighted by atomic mass is 10.0. The van der Waals surface area contributed by atoms with Crippen molar-refractivity contribution in [2.75, 3.05) is 6.61 Å². The summed E-state index contributed by atoms with van der Waals surface area (Å²) < 4.78 is 30.2. The third-order valence-corrected chi connectivity index (χ3v) is 2.84. The summed E-state index contributed by atoms with van der Waals surface area (Å²) in [6.45, 7) is 1.83. The maximum atomic E-state index is 12.7. The Morgan fingerprint density at radius 1 is 1.56 bits per heavy atom. The van der Waals surface area contributed by atoms with Gasteiger partial charge in [-0.05, 0) is 12.5 Å². The Hall–Kier alpha value is -1.24. The first-order chi connectivity index (χ1) is 8.51. The molecule has 7 heteroatoms. The molecule has 0 aliphatic rings. The number of carbonyl (C=O) groups excluding carboxylic acids is 1. The van der Waals surface area contributed by atoms with Crippen molar-refractivity contribution < 1.29 is 23.4 Å². The third kappa shape index (κ3) is 3.38. The molecular formula is C11H12BrF2NO3. The molecule has 4 nitrogen and oxygen atoms in total. The molecule has 0 aliphatic heterocycles. The summed E-state index contributed by atoms with van der Waals surface area (Å²) in [5.41, 5.74) is -0.197. The molecule has 18 heavy (non-hydrogen) atoms. The first kappa shape index (κ1) is 14.8. The van der Waals surface area contributed by atoms with Crippen molar-refractivity contribution in [1.82, 2.24) is 4.98 Å². The van der Waals surface area contributed by atoms with Crippen LogP contribution in [0.1, 0.15) is 30.2 Å². The van der Waals surface area contributed by atoms with Crippen LogP contribution in [0.3, 0.4) is 0 Å². The number of halogens is 3. The molecule has 0 saturated heterocycles. The van der Waals surface area contributed by atoms with E-state index in [1.54, 1.807) is 6.92 Å². The van der Waals surface area contributed by atoms with E-state index in [0.29, 0.717) is 0 Å². The van der Waals surface area contributed by atoms with Crippen molar-refractivity contribution in [2.45, 2.75) is 25.1 Å². The van der Waals surface area contributed by atoms with Crippen LogP contribution in [-0.4, -0.2) is 22.7 Å². The number of nitrogens with zero attached hydrogens (tertiary/aromatic N) is 1. The molecule has 0 radical (unpaired) electrons. The van der Waals surface area contributed by atoms with E-state index in [1.807, 2.05) is 0 Å². The topological polar surface area (TPSA) is 59.4 Å². The van der Waals surface area contributed by atoms with Gasteiger partial charge in [-0.3, -0.25) is 9.78 Å². The molecule has 0 amide bonds. The molecule has 1 aromatic heterocycles. The van der Waals surface area contributed by atoms with Crippen molar-refractivity contribution in [2.24, 2.45) is 0 Å². The average molecular weight is 324 g/mol. The van der Waals surface area contributed by atoms with Crippen LogP contribution < -0.4 is 0 Å². The fraction of sp³-hybridized carbons (Fsp3) is 0.455. The van der Waals surface area contributed by atoms with E-state index in [1.165, 1.54) is 0 Å². The van der Waals surface area contributed by atoms with Gasteiger partial charge in [0.15, 0.2) is 0 Å². The monoisotopic (exact) mass is 323 g/mol. The summed E-state index contributed by atoms with van der Waals surface area (Å²) >= 11 is 3.05. The van der Waals surface area contributed by atoms with E-state index >= 15 is 0 Å². The van der Waals surface area contributed by atoms with E-state index in [9.17, 15) is 18.7 Å². The molecule has 0 aliphatic carbocycles. The van der Waals surface area contributed by atoms with E-state index < -0.39 is 18.1 Å². The molecule has 0 fully saturated rings.